The van der Waals surface area contributed by atoms with E-state index in [0.717, 1.165) is 28.2 Å². The molecular weight excluding hydrogens is 457 g/mol. The first-order valence-electron chi connectivity index (χ1n) is 8.05. The number of halogens is 2. The van der Waals surface area contributed by atoms with Crippen LogP contribution in [0.3, 0.4) is 0 Å². The highest BCUT2D eigenvalue weighted by Gasteiger charge is 2.19. The van der Waals surface area contributed by atoms with Gasteiger partial charge < -0.3 is 11.1 Å². The Labute approximate surface area is 182 Å². The van der Waals surface area contributed by atoms with E-state index in [0.29, 0.717) is 21.3 Å². The first-order chi connectivity index (χ1) is 14.2. The Bertz CT molecular complexity index is 1240. The van der Waals surface area contributed by atoms with Crippen LogP contribution in [0.1, 0.15) is 10.4 Å². The molecule has 0 atom stereocenters. The number of amides is 2. The molecule has 1 aromatic carbocycles. The molecule has 0 bridgehead atoms. The minimum atomic E-state index is -1.14. The van der Waals surface area contributed by atoms with Gasteiger partial charge in [-0.1, -0.05) is 29.3 Å². The van der Waals surface area contributed by atoms with E-state index in [9.17, 15) is 24.5 Å². The lowest BCUT2D eigenvalue weighted by Gasteiger charge is -2.07. The molecule has 10 nitrogen and oxygen atoms in total. The van der Waals surface area contributed by atoms with Gasteiger partial charge in [-0.2, -0.15) is 0 Å². The molecule has 0 saturated heterocycles. The molecule has 2 amide bonds. The van der Waals surface area contributed by atoms with Crippen LogP contribution in [0.2, 0.25) is 10.0 Å². The molecule has 13 heteroatoms. The minimum absolute atomic E-state index is 0.231. The summed E-state index contributed by atoms with van der Waals surface area (Å²) in [6.07, 6.45) is 0.858. The highest BCUT2D eigenvalue weighted by Crippen LogP contribution is 2.30. The number of rotatable bonds is 6. The van der Waals surface area contributed by atoms with Crippen LogP contribution in [-0.4, -0.2) is 26.3 Å². The molecule has 0 fully saturated rings. The summed E-state index contributed by atoms with van der Waals surface area (Å²) in [5.74, 6) is -1.81. The number of aromatic nitrogens is 2. The average molecular weight is 468 g/mol. The van der Waals surface area contributed by atoms with Gasteiger partial charge in [0.2, 0.25) is 5.91 Å². The van der Waals surface area contributed by atoms with Crippen molar-refractivity contribution in [2.45, 2.75) is 6.54 Å². The molecule has 154 valence electrons. The standard InChI is InChI=1S/C17H11Cl2N5O5S/c18-11-2-1-8(3-12(11)19)13-7-30-17(21-13)22-14(25)6-23-5-9(24(28)29)4-10(15(20)26)16(23)27/h1-5,7H,6H2,(H2,20,26)(H,21,22,25). The third-order valence-electron chi connectivity index (χ3n) is 3.83. The Morgan fingerprint density at radius 3 is 2.63 bits per heavy atom. The number of nitro groups is 1. The van der Waals surface area contributed by atoms with Crippen LogP contribution in [0, 0.1) is 10.1 Å². The number of carbonyl (C=O) groups is 2. The van der Waals surface area contributed by atoms with Gasteiger partial charge in [-0.25, -0.2) is 4.98 Å². The summed E-state index contributed by atoms with van der Waals surface area (Å²) >= 11 is 13.0. The molecule has 2 heterocycles. The fourth-order valence-electron chi connectivity index (χ4n) is 2.45. The zero-order valence-corrected chi connectivity index (χ0v) is 17.1. The Balaban J connectivity index is 1.80. The van der Waals surface area contributed by atoms with Crippen molar-refractivity contribution in [2.24, 2.45) is 5.73 Å². The highest BCUT2D eigenvalue weighted by atomic mass is 35.5. The van der Waals surface area contributed by atoms with Gasteiger partial charge in [0, 0.05) is 17.0 Å². The number of primary amides is 1. The SMILES string of the molecule is NC(=O)c1cc([N+](=O)[O-])cn(CC(=O)Nc2nc(-c3ccc(Cl)c(Cl)c3)cs2)c1=O. The van der Waals surface area contributed by atoms with E-state index in [-0.39, 0.29) is 5.13 Å². The van der Waals surface area contributed by atoms with Gasteiger partial charge in [-0.05, 0) is 12.1 Å². The Hall–Kier alpha value is -3.28. The maximum Gasteiger partial charge on any atom is 0.286 e. The second-order valence-electron chi connectivity index (χ2n) is 5.88. The summed E-state index contributed by atoms with van der Waals surface area (Å²) in [7, 11) is 0. The van der Waals surface area contributed by atoms with Crippen molar-refractivity contribution in [2.75, 3.05) is 5.32 Å². The van der Waals surface area contributed by atoms with Gasteiger partial charge in [0.05, 0.1) is 26.9 Å². The van der Waals surface area contributed by atoms with Crippen LogP contribution in [0.4, 0.5) is 10.8 Å². The largest absolute Gasteiger partial charge is 0.365 e. The Morgan fingerprint density at radius 1 is 1.27 bits per heavy atom. The van der Waals surface area contributed by atoms with Crippen molar-refractivity contribution in [3.8, 4) is 11.3 Å². The molecule has 0 aliphatic heterocycles. The fraction of sp³-hybridized carbons (Fsp3) is 0.0588. The second-order valence-corrected chi connectivity index (χ2v) is 7.55. The molecular formula is C17H11Cl2N5O5S. The molecule has 0 aliphatic carbocycles. The predicted molar refractivity (Wildman–Crippen MR) is 112 cm³/mol. The van der Waals surface area contributed by atoms with E-state index < -0.39 is 40.1 Å². The van der Waals surface area contributed by atoms with Crippen LogP contribution >= 0.6 is 34.5 Å². The lowest BCUT2D eigenvalue weighted by atomic mass is 10.2. The van der Waals surface area contributed by atoms with Crippen molar-refractivity contribution in [1.82, 2.24) is 9.55 Å². The average Bonchev–Trinajstić information content (AvgIpc) is 3.13. The van der Waals surface area contributed by atoms with E-state index in [1.807, 2.05) is 0 Å². The van der Waals surface area contributed by atoms with E-state index in [2.05, 4.69) is 10.3 Å². The normalized spacial score (nSPS) is 10.6. The van der Waals surface area contributed by atoms with Crippen molar-refractivity contribution in [1.29, 1.82) is 0 Å². The number of thiazole rings is 1. The summed E-state index contributed by atoms with van der Waals surface area (Å²) < 4.78 is 0.737. The summed E-state index contributed by atoms with van der Waals surface area (Å²) in [4.78, 5) is 50.4. The zero-order chi connectivity index (χ0) is 22.0. The maximum atomic E-state index is 12.3. The molecule has 0 aliphatic rings. The van der Waals surface area contributed by atoms with Crippen LogP contribution in [-0.2, 0) is 11.3 Å². The van der Waals surface area contributed by atoms with E-state index >= 15 is 0 Å². The number of nitrogens with zero attached hydrogens (tertiary/aromatic N) is 3. The summed E-state index contributed by atoms with van der Waals surface area (Å²) in [5, 5.41) is 16.2. The van der Waals surface area contributed by atoms with Crippen LogP contribution in [0.15, 0.2) is 40.6 Å². The van der Waals surface area contributed by atoms with Crippen LogP contribution in [0.5, 0.6) is 0 Å². The first kappa shape index (κ1) is 21.4. The van der Waals surface area contributed by atoms with Gasteiger partial charge in [0.15, 0.2) is 5.13 Å². The number of anilines is 1. The molecule has 3 aromatic rings. The van der Waals surface area contributed by atoms with Crippen molar-refractivity contribution in [3.63, 3.8) is 0 Å². The quantitative estimate of drug-likeness (QED) is 0.420. The van der Waals surface area contributed by atoms with E-state index in [1.54, 1.807) is 23.6 Å². The van der Waals surface area contributed by atoms with Crippen LogP contribution in [0.25, 0.3) is 11.3 Å². The van der Waals surface area contributed by atoms with Crippen molar-refractivity contribution in [3.05, 3.63) is 71.9 Å². The molecule has 3 rings (SSSR count). The summed E-state index contributed by atoms with van der Waals surface area (Å²) in [6.45, 7) is -0.581. The minimum Gasteiger partial charge on any atom is -0.365 e. The zero-order valence-electron chi connectivity index (χ0n) is 14.8. The number of nitrogens with two attached hydrogens (primary N) is 1. The van der Waals surface area contributed by atoms with E-state index in [4.69, 9.17) is 28.9 Å². The third kappa shape index (κ3) is 4.64. The highest BCUT2D eigenvalue weighted by molar-refractivity contribution is 7.14. The Kier molecular flexibility index (Phi) is 6.15. The number of benzene rings is 1. The van der Waals surface area contributed by atoms with Gasteiger partial charge in [-0.3, -0.25) is 29.1 Å². The van der Waals surface area contributed by atoms with Crippen molar-refractivity contribution >= 4 is 57.2 Å². The molecule has 0 radical (unpaired) electrons. The molecule has 3 N–H and O–H groups in total. The smallest absolute Gasteiger partial charge is 0.286 e. The van der Waals surface area contributed by atoms with Gasteiger partial charge >= 0.3 is 0 Å². The van der Waals surface area contributed by atoms with Crippen LogP contribution < -0.4 is 16.6 Å². The van der Waals surface area contributed by atoms with Gasteiger partial charge in [0.1, 0.15) is 12.1 Å². The number of hydrogen-bond acceptors (Lipinski definition) is 7. The number of hydrogen-bond donors (Lipinski definition) is 2. The summed E-state index contributed by atoms with van der Waals surface area (Å²) in [6, 6.07) is 5.72. The molecule has 0 unspecified atom stereocenters. The Morgan fingerprint density at radius 2 is 2.00 bits per heavy atom. The lowest BCUT2D eigenvalue weighted by molar-refractivity contribution is -0.385. The monoisotopic (exact) mass is 467 g/mol. The number of nitrogens with one attached hydrogen (secondary N) is 1. The predicted octanol–water partition coefficient (Wildman–Crippen LogP) is 2.92. The maximum absolute atomic E-state index is 12.3. The second kappa shape index (κ2) is 8.61. The topological polar surface area (TPSA) is 150 Å². The lowest BCUT2D eigenvalue weighted by Crippen LogP contribution is -2.33. The number of pyridine rings is 1. The molecule has 2 aromatic heterocycles. The number of carbonyl (C=O) groups excluding carboxylic acids is 2. The third-order valence-corrected chi connectivity index (χ3v) is 5.32. The fourth-order valence-corrected chi connectivity index (χ4v) is 3.48. The molecule has 0 saturated carbocycles. The molecule has 0 spiro atoms. The molecule has 30 heavy (non-hydrogen) atoms. The van der Waals surface area contributed by atoms with Gasteiger partial charge in [0.25, 0.3) is 17.2 Å². The van der Waals surface area contributed by atoms with Gasteiger partial charge in [-0.15, -0.1) is 11.3 Å². The first-order valence-corrected chi connectivity index (χ1v) is 9.68. The summed E-state index contributed by atoms with van der Waals surface area (Å²) in [5.41, 5.74) is 4.25. The van der Waals surface area contributed by atoms with Crippen molar-refractivity contribution < 1.29 is 14.5 Å². The van der Waals surface area contributed by atoms with E-state index in [1.165, 1.54) is 0 Å².